The van der Waals surface area contributed by atoms with Crippen LogP contribution in [0, 0.1) is 51.8 Å². The molecule has 4 saturated carbocycles. The second kappa shape index (κ2) is 10.8. The number of rotatable bonds is 6. The molecule has 0 aromatic rings. The van der Waals surface area contributed by atoms with Gasteiger partial charge in [0.25, 0.3) is 0 Å². The number of allylic oxidation sites excluding steroid dienone is 4. The normalized spacial score (nSPS) is 48.6. The highest BCUT2D eigenvalue weighted by atomic mass is 16.5. The highest BCUT2D eigenvalue weighted by Gasteiger charge is 2.83. The van der Waals surface area contributed by atoms with Gasteiger partial charge in [-0.2, -0.15) is 0 Å². The molecule has 5 fully saturated rings. The molecule has 8 rings (SSSR count). The number of aliphatic imine (C=N–C) groups is 1. The number of nitrogens with two attached hydrogens (primary N) is 1. The summed E-state index contributed by atoms with van der Waals surface area (Å²) in [5.74, 6) is 0.794. The first-order valence-corrected chi connectivity index (χ1v) is 17.9. The van der Waals surface area contributed by atoms with Gasteiger partial charge in [-0.1, -0.05) is 37.3 Å². The molecule has 0 unspecified atom stereocenters. The number of carboxylic acid groups (broad SMARTS) is 1. The van der Waals surface area contributed by atoms with Gasteiger partial charge in [-0.05, 0) is 87.0 Å². The Morgan fingerprint density at radius 2 is 1.96 bits per heavy atom. The summed E-state index contributed by atoms with van der Waals surface area (Å²) >= 11 is 0. The smallest absolute Gasteiger partial charge is 0.334 e. The average Bonchev–Trinajstić information content (AvgIpc) is 3.42. The van der Waals surface area contributed by atoms with Crippen LogP contribution in [0.5, 0.6) is 0 Å². The van der Waals surface area contributed by atoms with Crippen molar-refractivity contribution >= 4 is 11.9 Å². The molecule has 2 spiro atoms. The van der Waals surface area contributed by atoms with Gasteiger partial charge in [-0.25, -0.2) is 4.79 Å². The monoisotopic (exact) mass is 632 g/mol. The fourth-order valence-electron chi connectivity index (χ4n) is 13.3. The van der Waals surface area contributed by atoms with E-state index in [2.05, 4.69) is 58.7 Å². The van der Waals surface area contributed by atoms with Crippen molar-refractivity contribution in [2.75, 3.05) is 33.3 Å². The highest BCUT2D eigenvalue weighted by molar-refractivity contribution is 5.92. The van der Waals surface area contributed by atoms with E-state index in [1.807, 2.05) is 0 Å². The number of aliphatic hydroxyl groups is 2. The zero-order valence-corrected chi connectivity index (χ0v) is 27.4. The quantitative estimate of drug-likeness (QED) is 0.170. The molecule has 46 heavy (non-hydrogen) atoms. The Kier molecular flexibility index (Phi) is 7.23. The summed E-state index contributed by atoms with van der Waals surface area (Å²) in [5, 5.41) is 37.9. The maximum absolute atomic E-state index is 13.7. The first kappa shape index (κ1) is 30.8. The molecule has 0 radical (unpaired) electrons. The molecule has 0 amide bonds. The minimum atomic E-state index is -1.57. The molecule has 9 heteroatoms. The number of hydrogen-bond acceptors (Lipinski definition) is 6. The molecule has 6 aliphatic carbocycles. The standard InChI is InChI=1S/C37H52N4O5/c1-22-7-11-25-19-27-30(32(43)44)37(45,29-12-10-24-9-8-23-5-3-4-6-26(23)31(24)46-29)28-13-14-34(20-40-16-18-42)15-17-41(33(38)39-2)21-35(25,34)36(22,27)28/h3-6,15,17,22-26,28-29,31,40,42,45H,7-14,16,18-21H2,1-2H3,(H2,38,39)(H,43,44)/t22-,23+,24-,25-,26+,28+,29+,31+,34+,35-,36+,37+/m1/s1. The number of nitrogens with one attached hydrogen (secondary N) is 1. The predicted molar refractivity (Wildman–Crippen MR) is 175 cm³/mol. The summed E-state index contributed by atoms with van der Waals surface area (Å²) in [5.41, 5.74) is 5.04. The van der Waals surface area contributed by atoms with Crippen LogP contribution >= 0.6 is 0 Å². The zero-order valence-electron chi connectivity index (χ0n) is 27.4. The van der Waals surface area contributed by atoms with E-state index in [1.54, 1.807) is 7.05 Å². The van der Waals surface area contributed by atoms with Crippen LogP contribution in [0.3, 0.4) is 0 Å². The summed E-state index contributed by atoms with van der Waals surface area (Å²) in [6.45, 7) is 4.22. The number of nitrogens with zero attached hydrogens (tertiary/aromatic N) is 2. The van der Waals surface area contributed by atoms with Crippen LogP contribution in [0.4, 0.5) is 0 Å². The summed E-state index contributed by atoms with van der Waals surface area (Å²) in [6, 6.07) is 0. The molecule has 8 aliphatic rings. The maximum Gasteiger partial charge on any atom is 0.334 e. The number of carbonyl (C=O) groups is 1. The van der Waals surface area contributed by atoms with Gasteiger partial charge in [0.2, 0.25) is 0 Å². The van der Waals surface area contributed by atoms with E-state index in [-0.39, 0.29) is 52.8 Å². The van der Waals surface area contributed by atoms with Crippen LogP contribution < -0.4 is 11.1 Å². The molecule has 2 aliphatic heterocycles. The number of aliphatic carboxylic acids is 1. The Morgan fingerprint density at radius 3 is 2.74 bits per heavy atom. The Labute approximate surface area is 272 Å². The Morgan fingerprint density at radius 1 is 1.15 bits per heavy atom. The summed E-state index contributed by atoms with van der Waals surface area (Å²) in [6.07, 6.45) is 20.9. The van der Waals surface area contributed by atoms with Gasteiger partial charge in [-0.15, -0.1) is 0 Å². The number of hydrogen-bond donors (Lipinski definition) is 5. The Hall–Kier alpha value is -2.46. The van der Waals surface area contributed by atoms with Crippen molar-refractivity contribution in [3.05, 3.63) is 47.7 Å². The highest BCUT2D eigenvalue weighted by Crippen LogP contribution is 2.84. The van der Waals surface area contributed by atoms with Gasteiger partial charge < -0.3 is 36.0 Å². The van der Waals surface area contributed by atoms with Crippen molar-refractivity contribution in [2.24, 2.45) is 62.5 Å². The van der Waals surface area contributed by atoms with Crippen LogP contribution in [0.2, 0.25) is 0 Å². The van der Waals surface area contributed by atoms with Gasteiger partial charge in [-0.3, -0.25) is 4.99 Å². The zero-order chi connectivity index (χ0) is 32.1. The first-order valence-electron chi connectivity index (χ1n) is 17.9. The number of guanidine groups is 1. The lowest BCUT2D eigenvalue weighted by Gasteiger charge is -2.71. The lowest BCUT2D eigenvalue weighted by Crippen LogP contribution is -2.73. The van der Waals surface area contributed by atoms with Crippen LogP contribution in [-0.4, -0.2) is 83.2 Å². The Balaban J connectivity index is 1.29. The number of ether oxygens (including phenoxy) is 1. The van der Waals surface area contributed by atoms with E-state index in [4.69, 9.17) is 10.5 Å². The maximum atomic E-state index is 13.7. The van der Waals surface area contributed by atoms with Crippen LogP contribution in [0.1, 0.15) is 64.7 Å². The van der Waals surface area contributed by atoms with Crippen molar-refractivity contribution in [1.82, 2.24) is 10.2 Å². The van der Waals surface area contributed by atoms with Crippen LogP contribution in [0.15, 0.2) is 52.7 Å². The molecular weight excluding hydrogens is 580 g/mol. The van der Waals surface area contributed by atoms with Crippen molar-refractivity contribution < 1.29 is 24.9 Å². The van der Waals surface area contributed by atoms with Gasteiger partial charge in [0.1, 0.15) is 5.60 Å². The second-order valence-electron chi connectivity index (χ2n) is 15.9. The van der Waals surface area contributed by atoms with Gasteiger partial charge in [0, 0.05) is 61.0 Å². The van der Waals surface area contributed by atoms with E-state index in [0.717, 1.165) is 50.5 Å². The molecule has 12 atom stereocenters. The third-order valence-electron chi connectivity index (χ3n) is 14.7. The predicted octanol–water partition coefficient (Wildman–Crippen LogP) is 3.60. The molecule has 250 valence electrons. The molecule has 2 heterocycles. The summed E-state index contributed by atoms with van der Waals surface area (Å²) in [7, 11) is 1.72. The SMILES string of the molecule is CN=C(N)N1C=C[C@]2(CNCCO)CC[C@@H]3[C@](O)([C@@H]4CC[C@H]5CC[C@@H]6C=CC=C[C@@H]6[C@H]5O4)C(C(=O)O)=C4C[C@H]5CC[C@@H](C)[C@]43[C@]52C1. The third kappa shape index (κ3) is 3.66. The van der Waals surface area contributed by atoms with Crippen molar-refractivity contribution in [2.45, 2.75) is 82.5 Å². The van der Waals surface area contributed by atoms with Gasteiger partial charge in [0.15, 0.2) is 5.96 Å². The van der Waals surface area contributed by atoms with Crippen molar-refractivity contribution in [3.8, 4) is 0 Å². The van der Waals surface area contributed by atoms with E-state index < -0.39 is 23.1 Å². The fourth-order valence-corrected chi connectivity index (χ4v) is 13.3. The molecule has 6 N–H and O–H groups in total. The summed E-state index contributed by atoms with van der Waals surface area (Å²) in [4.78, 5) is 20.1. The second-order valence-corrected chi connectivity index (χ2v) is 15.9. The van der Waals surface area contributed by atoms with Crippen molar-refractivity contribution in [3.63, 3.8) is 0 Å². The minimum Gasteiger partial charge on any atom is -0.478 e. The van der Waals surface area contributed by atoms with Crippen LogP contribution in [0.25, 0.3) is 0 Å². The molecular formula is C37H52N4O5. The molecule has 9 nitrogen and oxygen atoms in total. The lowest BCUT2D eigenvalue weighted by atomic mass is 9.35. The molecule has 0 aromatic heterocycles. The van der Waals surface area contributed by atoms with Crippen LogP contribution in [-0.2, 0) is 9.53 Å². The summed E-state index contributed by atoms with van der Waals surface area (Å²) < 4.78 is 7.13. The van der Waals surface area contributed by atoms with E-state index in [9.17, 15) is 20.1 Å². The van der Waals surface area contributed by atoms with Gasteiger partial charge >= 0.3 is 5.97 Å². The fraction of sp³-hybridized carbons (Fsp3) is 0.730. The molecule has 2 bridgehead atoms. The van der Waals surface area contributed by atoms with E-state index >= 15 is 0 Å². The number of aliphatic hydroxyl groups excluding tert-OH is 1. The minimum absolute atomic E-state index is 0.00905. The van der Waals surface area contributed by atoms with E-state index in [0.29, 0.717) is 50.3 Å². The first-order chi connectivity index (χ1) is 22.2. The topological polar surface area (TPSA) is 141 Å². The molecule has 0 aromatic carbocycles. The third-order valence-corrected chi connectivity index (χ3v) is 14.7. The lowest BCUT2D eigenvalue weighted by molar-refractivity contribution is -0.249. The largest absolute Gasteiger partial charge is 0.478 e. The number of fused-ring (bicyclic) bond motifs is 3. The Bertz CT molecular complexity index is 1440. The van der Waals surface area contributed by atoms with E-state index in [1.165, 1.54) is 0 Å². The van der Waals surface area contributed by atoms with Crippen molar-refractivity contribution in [1.29, 1.82) is 0 Å². The van der Waals surface area contributed by atoms with Gasteiger partial charge in [0.05, 0.1) is 24.4 Å². The average molecular weight is 633 g/mol. The molecule has 1 saturated heterocycles. The number of carboxylic acids is 1.